The van der Waals surface area contributed by atoms with Gasteiger partial charge >= 0.3 is 0 Å². The van der Waals surface area contributed by atoms with Crippen molar-refractivity contribution in [3.05, 3.63) is 70.2 Å². The van der Waals surface area contributed by atoms with Crippen LogP contribution in [0, 0.1) is 24.4 Å². The predicted molar refractivity (Wildman–Crippen MR) is 87.8 cm³/mol. The summed E-state index contributed by atoms with van der Waals surface area (Å²) in [5.74, 6) is -5.00. The van der Waals surface area contributed by atoms with Crippen LogP contribution in [0.2, 0.25) is 0 Å². The second kappa shape index (κ2) is 5.65. The highest BCUT2D eigenvalue weighted by Gasteiger charge is 2.28. The van der Waals surface area contributed by atoms with Gasteiger partial charge in [0.1, 0.15) is 0 Å². The minimum Gasteiger partial charge on any atom is -0.358 e. The largest absolute Gasteiger partial charge is 0.358 e. The number of H-pyrrole nitrogens is 1. The van der Waals surface area contributed by atoms with Crippen LogP contribution >= 0.6 is 0 Å². The Balaban J connectivity index is 1.70. The van der Waals surface area contributed by atoms with E-state index in [1.807, 2.05) is 25.1 Å². The number of carbonyl (C=O) groups is 1. The van der Waals surface area contributed by atoms with E-state index in [1.54, 1.807) is 0 Å². The van der Waals surface area contributed by atoms with Crippen LogP contribution in [0.25, 0.3) is 10.9 Å². The Bertz CT molecular complexity index is 1010. The molecule has 1 aliphatic rings. The maximum absolute atomic E-state index is 13.9. The molecular formula is C19H15F3N2O. The van der Waals surface area contributed by atoms with Gasteiger partial charge in [-0.05, 0) is 31.2 Å². The number of hydrogen-bond donors (Lipinski definition) is 1. The lowest BCUT2D eigenvalue weighted by molar-refractivity contribution is 0.0729. The van der Waals surface area contributed by atoms with Gasteiger partial charge in [-0.1, -0.05) is 11.6 Å². The average molecular weight is 344 g/mol. The first-order valence-electron chi connectivity index (χ1n) is 7.98. The molecule has 1 amide bonds. The number of fused-ring (bicyclic) bond motifs is 3. The first kappa shape index (κ1) is 15.7. The van der Waals surface area contributed by atoms with Crippen LogP contribution < -0.4 is 0 Å². The fraction of sp³-hybridized carbons (Fsp3) is 0.211. The number of aromatic nitrogens is 1. The Morgan fingerprint density at radius 1 is 1.12 bits per heavy atom. The zero-order valence-electron chi connectivity index (χ0n) is 13.5. The van der Waals surface area contributed by atoms with Crippen LogP contribution in [0.4, 0.5) is 13.2 Å². The molecule has 4 rings (SSSR count). The van der Waals surface area contributed by atoms with Crippen molar-refractivity contribution >= 4 is 16.8 Å². The van der Waals surface area contributed by atoms with Gasteiger partial charge in [0.05, 0.1) is 5.56 Å². The number of nitrogens with one attached hydrogen (secondary N) is 1. The summed E-state index contributed by atoms with van der Waals surface area (Å²) in [7, 11) is 0. The molecule has 0 unspecified atom stereocenters. The molecule has 128 valence electrons. The zero-order chi connectivity index (χ0) is 17.7. The highest BCUT2D eigenvalue weighted by Crippen LogP contribution is 2.29. The molecule has 2 heterocycles. The van der Waals surface area contributed by atoms with E-state index in [0.29, 0.717) is 19.5 Å². The van der Waals surface area contributed by atoms with Crippen molar-refractivity contribution in [3.63, 3.8) is 0 Å². The van der Waals surface area contributed by atoms with Crippen molar-refractivity contribution in [3.8, 4) is 0 Å². The Morgan fingerprint density at radius 2 is 1.92 bits per heavy atom. The second-order valence-corrected chi connectivity index (χ2v) is 6.33. The highest BCUT2D eigenvalue weighted by molar-refractivity contribution is 5.95. The minimum absolute atomic E-state index is 0.302. The van der Waals surface area contributed by atoms with Crippen LogP contribution in [0.5, 0.6) is 0 Å². The van der Waals surface area contributed by atoms with Gasteiger partial charge in [0, 0.05) is 41.7 Å². The molecule has 0 saturated carbocycles. The van der Waals surface area contributed by atoms with E-state index >= 15 is 0 Å². The predicted octanol–water partition coefficient (Wildman–Crippen LogP) is 4.09. The summed E-state index contributed by atoms with van der Waals surface area (Å²) in [5.41, 5.74) is 3.68. The number of amides is 1. The smallest absolute Gasteiger partial charge is 0.257 e. The highest BCUT2D eigenvalue weighted by atomic mass is 19.2. The van der Waals surface area contributed by atoms with Crippen molar-refractivity contribution in [2.45, 2.75) is 19.9 Å². The lowest BCUT2D eigenvalue weighted by Crippen LogP contribution is -2.36. The van der Waals surface area contributed by atoms with E-state index < -0.39 is 28.9 Å². The number of carbonyl (C=O) groups excluding carboxylic acids is 1. The third kappa shape index (κ3) is 2.49. The lowest BCUT2D eigenvalue weighted by atomic mass is 10.0. The first-order chi connectivity index (χ1) is 12.0. The van der Waals surface area contributed by atoms with Gasteiger partial charge in [-0.2, -0.15) is 0 Å². The van der Waals surface area contributed by atoms with Gasteiger partial charge in [-0.3, -0.25) is 4.79 Å². The van der Waals surface area contributed by atoms with E-state index in [4.69, 9.17) is 0 Å². The number of benzene rings is 2. The van der Waals surface area contributed by atoms with Gasteiger partial charge < -0.3 is 9.88 Å². The number of nitrogens with zero attached hydrogens (tertiary/aromatic N) is 1. The minimum atomic E-state index is -1.62. The molecule has 0 atom stereocenters. The fourth-order valence-corrected chi connectivity index (χ4v) is 3.36. The molecule has 1 aromatic heterocycles. The third-order valence-electron chi connectivity index (χ3n) is 4.68. The van der Waals surface area contributed by atoms with E-state index in [9.17, 15) is 18.0 Å². The molecule has 6 heteroatoms. The molecule has 0 aliphatic carbocycles. The van der Waals surface area contributed by atoms with Crippen molar-refractivity contribution in [1.82, 2.24) is 9.88 Å². The number of halogens is 3. The quantitative estimate of drug-likeness (QED) is 0.663. The Labute approximate surface area is 142 Å². The topological polar surface area (TPSA) is 36.1 Å². The fourth-order valence-electron chi connectivity index (χ4n) is 3.36. The SMILES string of the molecule is Cc1ccc2[nH]c3c(c2c1)CN(C(=O)c1ccc(F)c(F)c1F)CC3. The normalized spacial score (nSPS) is 14.0. The monoisotopic (exact) mass is 344 g/mol. The molecule has 0 saturated heterocycles. The van der Waals surface area contributed by atoms with Gasteiger partial charge in [-0.25, -0.2) is 13.2 Å². The third-order valence-corrected chi connectivity index (χ3v) is 4.68. The number of aryl methyl sites for hydroxylation is 1. The summed E-state index contributed by atoms with van der Waals surface area (Å²) in [5, 5.41) is 1.03. The van der Waals surface area contributed by atoms with Crippen LogP contribution in [-0.2, 0) is 13.0 Å². The molecule has 2 aromatic carbocycles. The molecule has 3 nitrogen and oxygen atoms in total. The molecule has 0 fully saturated rings. The number of rotatable bonds is 1. The standard InChI is InChI=1S/C19H15F3N2O/c1-10-2-5-15-12(8-10)13-9-24(7-6-16(13)23-15)19(25)11-3-4-14(20)18(22)17(11)21/h2-5,8,23H,6-7,9H2,1H3. The van der Waals surface area contributed by atoms with Gasteiger partial charge in [0.2, 0.25) is 0 Å². The molecule has 1 N–H and O–H groups in total. The average Bonchev–Trinajstić information content (AvgIpc) is 2.96. The Morgan fingerprint density at radius 3 is 2.72 bits per heavy atom. The number of aromatic amines is 1. The summed E-state index contributed by atoms with van der Waals surface area (Å²) >= 11 is 0. The van der Waals surface area contributed by atoms with Crippen molar-refractivity contribution in [2.24, 2.45) is 0 Å². The molecular weight excluding hydrogens is 329 g/mol. The van der Waals surface area contributed by atoms with E-state index in [0.717, 1.165) is 39.9 Å². The summed E-state index contributed by atoms with van der Waals surface area (Å²) in [6, 6.07) is 7.80. The molecule has 1 aliphatic heterocycles. The zero-order valence-corrected chi connectivity index (χ0v) is 13.5. The van der Waals surface area contributed by atoms with Gasteiger partial charge in [0.25, 0.3) is 5.91 Å². The second-order valence-electron chi connectivity index (χ2n) is 6.33. The van der Waals surface area contributed by atoms with E-state index in [2.05, 4.69) is 4.98 Å². The van der Waals surface area contributed by atoms with Crippen LogP contribution in [0.15, 0.2) is 30.3 Å². The Kier molecular flexibility index (Phi) is 3.56. The van der Waals surface area contributed by atoms with Gasteiger partial charge in [-0.15, -0.1) is 0 Å². The van der Waals surface area contributed by atoms with E-state index in [1.165, 1.54) is 4.90 Å². The van der Waals surface area contributed by atoms with Gasteiger partial charge in [0.15, 0.2) is 17.5 Å². The van der Waals surface area contributed by atoms with Crippen LogP contribution in [-0.4, -0.2) is 22.3 Å². The molecule has 3 aromatic rings. The lowest BCUT2D eigenvalue weighted by Gasteiger charge is -2.27. The van der Waals surface area contributed by atoms with Crippen LogP contribution in [0.3, 0.4) is 0 Å². The summed E-state index contributed by atoms with van der Waals surface area (Å²) in [6.07, 6.45) is 0.597. The maximum Gasteiger partial charge on any atom is 0.257 e. The number of hydrogen-bond acceptors (Lipinski definition) is 1. The molecule has 25 heavy (non-hydrogen) atoms. The molecule has 0 bridgehead atoms. The summed E-state index contributed by atoms with van der Waals surface area (Å²) < 4.78 is 40.5. The first-order valence-corrected chi connectivity index (χ1v) is 7.98. The molecule has 0 spiro atoms. The van der Waals surface area contributed by atoms with Crippen molar-refractivity contribution in [1.29, 1.82) is 0 Å². The maximum atomic E-state index is 13.9. The summed E-state index contributed by atoms with van der Waals surface area (Å²) in [4.78, 5) is 17.4. The molecule has 0 radical (unpaired) electrons. The summed E-state index contributed by atoms with van der Waals surface area (Å²) in [6.45, 7) is 2.67. The van der Waals surface area contributed by atoms with Crippen LogP contribution in [0.1, 0.15) is 27.2 Å². The Hall–Kier alpha value is -2.76. The van der Waals surface area contributed by atoms with E-state index in [-0.39, 0.29) is 0 Å². The van der Waals surface area contributed by atoms with Crippen molar-refractivity contribution in [2.75, 3.05) is 6.54 Å². The van der Waals surface area contributed by atoms with Crippen molar-refractivity contribution < 1.29 is 18.0 Å².